The lowest BCUT2D eigenvalue weighted by Crippen LogP contribution is -2.52. The van der Waals surface area contributed by atoms with Gasteiger partial charge in [-0.3, -0.25) is 0 Å². The summed E-state index contributed by atoms with van der Waals surface area (Å²) < 4.78 is 0. The zero-order chi connectivity index (χ0) is 8.11. The smallest absolute Gasteiger partial charge is 0.0153 e. The average Bonchev–Trinajstić information content (AvgIpc) is 2.25. The summed E-state index contributed by atoms with van der Waals surface area (Å²) in [6.45, 7) is 8.36. The topological polar surface area (TPSA) is 12.0 Å². The van der Waals surface area contributed by atoms with E-state index in [0.717, 1.165) is 5.92 Å². The molecule has 1 saturated carbocycles. The second-order valence-electron chi connectivity index (χ2n) is 5.33. The van der Waals surface area contributed by atoms with Crippen LogP contribution in [-0.2, 0) is 0 Å². The van der Waals surface area contributed by atoms with E-state index in [2.05, 4.69) is 26.1 Å². The van der Waals surface area contributed by atoms with E-state index in [1.807, 2.05) is 0 Å². The zero-order valence-electron chi connectivity index (χ0n) is 8.31. The summed E-state index contributed by atoms with van der Waals surface area (Å²) in [6, 6.07) is 0. The minimum atomic E-state index is 0. The third-order valence-electron chi connectivity index (χ3n) is 3.83. The Labute approximate surface area is 81.7 Å². The monoisotopic (exact) mass is 189 g/mol. The Morgan fingerprint density at radius 3 is 2.50 bits per heavy atom. The molecule has 1 heterocycles. The molecule has 1 aliphatic carbocycles. The van der Waals surface area contributed by atoms with Gasteiger partial charge < -0.3 is 5.32 Å². The van der Waals surface area contributed by atoms with Crippen LogP contribution < -0.4 is 5.32 Å². The van der Waals surface area contributed by atoms with Crippen LogP contribution in [0.5, 0.6) is 0 Å². The van der Waals surface area contributed by atoms with E-state index in [1.54, 1.807) is 0 Å². The number of piperidine rings is 1. The van der Waals surface area contributed by atoms with Crippen LogP contribution in [0, 0.1) is 11.3 Å². The number of halogens is 1. The fourth-order valence-corrected chi connectivity index (χ4v) is 2.68. The van der Waals surface area contributed by atoms with Gasteiger partial charge in [0.2, 0.25) is 0 Å². The van der Waals surface area contributed by atoms with E-state index >= 15 is 0 Å². The summed E-state index contributed by atoms with van der Waals surface area (Å²) in [5.41, 5.74) is 1.05. The predicted molar refractivity (Wildman–Crippen MR) is 54.8 cm³/mol. The minimum Gasteiger partial charge on any atom is -0.311 e. The van der Waals surface area contributed by atoms with Crippen LogP contribution in [0.25, 0.3) is 0 Å². The number of fused-ring (bicyclic) bond motifs is 2. The van der Waals surface area contributed by atoms with Crippen LogP contribution in [0.15, 0.2) is 0 Å². The second-order valence-corrected chi connectivity index (χ2v) is 5.33. The molecule has 0 spiro atoms. The highest BCUT2D eigenvalue weighted by Crippen LogP contribution is 2.48. The molecule has 12 heavy (non-hydrogen) atoms. The van der Waals surface area contributed by atoms with Gasteiger partial charge in [-0.1, -0.05) is 6.92 Å². The summed E-state index contributed by atoms with van der Waals surface area (Å²) in [4.78, 5) is 0. The van der Waals surface area contributed by atoms with Gasteiger partial charge in [-0.2, -0.15) is 0 Å². The third kappa shape index (κ3) is 1.49. The van der Waals surface area contributed by atoms with E-state index in [0.29, 0.717) is 11.0 Å². The number of nitrogens with one attached hydrogen (secondary N) is 1. The lowest BCUT2D eigenvalue weighted by molar-refractivity contribution is 0.153. The van der Waals surface area contributed by atoms with Crippen LogP contribution in [0.2, 0.25) is 0 Å². The van der Waals surface area contributed by atoms with Crippen LogP contribution >= 0.6 is 12.4 Å². The fourth-order valence-electron chi connectivity index (χ4n) is 2.68. The average molecular weight is 190 g/mol. The minimum absolute atomic E-state index is 0. The highest BCUT2D eigenvalue weighted by atomic mass is 35.5. The first-order valence-electron chi connectivity index (χ1n) is 4.77. The third-order valence-corrected chi connectivity index (χ3v) is 3.83. The molecule has 0 radical (unpaired) electrons. The number of hydrogen-bond acceptors (Lipinski definition) is 1. The molecule has 0 aromatic rings. The lowest BCUT2D eigenvalue weighted by atomic mass is 9.77. The first-order chi connectivity index (χ1) is 5.02. The molecule has 2 atom stereocenters. The van der Waals surface area contributed by atoms with E-state index in [-0.39, 0.29) is 12.4 Å². The summed E-state index contributed by atoms with van der Waals surface area (Å²) in [7, 11) is 0. The van der Waals surface area contributed by atoms with Gasteiger partial charge in [0.05, 0.1) is 0 Å². The van der Waals surface area contributed by atoms with Crippen LogP contribution in [0.3, 0.4) is 0 Å². The normalized spacial score (nSPS) is 43.8. The molecule has 0 unspecified atom stereocenters. The molecule has 2 aliphatic rings. The van der Waals surface area contributed by atoms with Gasteiger partial charge in [0.25, 0.3) is 0 Å². The standard InChI is InChI=1S/C10H19N.ClH/c1-9(2)8-4-5-10(3,6-8)7-11-9;/h8,11H,4-7H2,1-3H3;1H/t8-,10-;/m1./s1. The molecule has 2 heteroatoms. The zero-order valence-corrected chi connectivity index (χ0v) is 9.13. The molecule has 2 rings (SSSR count). The van der Waals surface area contributed by atoms with Gasteiger partial charge in [-0.25, -0.2) is 0 Å². The van der Waals surface area contributed by atoms with Crippen LogP contribution in [0.4, 0.5) is 0 Å². The Hall–Kier alpha value is 0.250. The van der Waals surface area contributed by atoms with Crippen molar-refractivity contribution in [1.29, 1.82) is 0 Å². The Kier molecular flexibility index (Phi) is 2.48. The van der Waals surface area contributed by atoms with Crippen molar-refractivity contribution in [1.82, 2.24) is 5.32 Å². The van der Waals surface area contributed by atoms with Gasteiger partial charge in [0.15, 0.2) is 0 Å². The molecule has 1 nitrogen and oxygen atoms in total. The van der Waals surface area contributed by atoms with Gasteiger partial charge in [0.1, 0.15) is 0 Å². The van der Waals surface area contributed by atoms with Crippen molar-refractivity contribution < 1.29 is 0 Å². The van der Waals surface area contributed by atoms with Crippen LogP contribution in [0.1, 0.15) is 40.0 Å². The molecule has 0 aromatic carbocycles. The van der Waals surface area contributed by atoms with E-state index in [9.17, 15) is 0 Å². The van der Waals surface area contributed by atoms with Crippen molar-refractivity contribution in [2.75, 3.05) is 6.54 Å². The van der Waals surface area contributed by atoms with Gasteiger partial charge in [0, 0.05) is 12.1 Å². The van der Waals surface area contributed by atoms with Crippen molar-refractivity contribution in [3.63, 3.8) is 0 Å². The second kappa shape index (κ2) is 2.88. The highest BCUT2D eigenvalue weighted by Gasteiger charge is 2.46. The molecule has 2 bridgehead atoms. The van der Waals surface area contributed by atoms with Crippen molar-refractivity contribution in [2.24, 2.45) is 11.3 Å². The molecule has 1 N–H and O–H groups in total. The maximum atomic E-state index is 3.66. The van der Waals surface area contributed by atoms with Crippen molar-refractivity contribution in [3.8, 4) is 0 Å². The molecule has 0 aromatic heterocycles. The Balaban J connectivity index is 0.000000720. The SMILES string of the molecule is CC1(C)NC[C@]2(C)CC[C@@H]1C2.Cl. The van der Waals surface area contributed by atoms with Gasteiger partial charge in [-0.05, 0) is 44.4 Å². The largest absolute Gasteiger partial charge is 0.311 e. The quantitative estimate of drug-likeness (QED) is 0.618. The van der Waals surface area contributed by atoms with Crippen molar-refractivity contribution in [3.05, 3.63) is 0 Å². The summed E-state index contributed by atoms with van der Waals surface area (Å²) in [6.07, 6.45) is 4.33. The van der Waals surface area contributed by atoms with Crippen molar-refractivity contribution >= 4 is 12.4 Å². The summed E-state index contributed by atoms with van der Waals surface area (Å²) in [5, 5.41) is 3.66. The fraction of sp³-hybridized carbons (Fsp3) is 1.00. The summed E-state index contributed by atoms with van der Waals surface area (Å²) >= 11 is 0. The molecular formula is C10H20ClN. The first-order valence-corrected chi connectivity index (χ1v) is 4.77. The van der Waals surface area contributed by atoms with Gasteiger partial charge in [-0.15, -0.1) is 12.4 Å². The van der Waals surface area contributed by atoms with E-state index in [4.69, 9.17) is 0 Å². The van der Waals surface area contributed by atoms with Gasteiger partial charge >= 0.3 is 0 Å². The first kappa shape index (κ1) is 10.3. The molecular weight excluding hydrogens is 170 g/mol. The molecule has 1 saturated heterocycles. The maximum absolute atomic E-state index is 3.66. The number of hydrogen-bond donors (Lipinski definition) is 1. The molecule has 0 amide bonds. The molecule has 1 aliphatic heterocycles. The van der Waals surface area contributed by atoms with Crippen LogP contribution in [-0.4, -0.2) is 12.1 Å². The van der Waals surface area contributed by atoms with E-state index < -0.39 is 0 Å². The maximum Gasteiger partial charge on any atom is 0.0153 e. The predicted octanol–water partition coefficient (Wildman–Crippen LogP) is 2.60. The Morgan fingerprint density at radius 1 is 1.25 bits per heavy atom. The van der Waals surface area contributed by atoms with E-state index in [1.165, 1.54) is 25.8 Å². The highest BCUT2D eigenvalue weighted by molar-refractivity contribution is 5.85. The number of rotatable bonds is 0. The Bertz CT molecular complexity index is 179. The Morgan fingerprint density at radius 2 is 1.92 bits per heavy atom. The lowest BCUT2D eigenvalue weighted by Gasteiger charge is -2.41. The molecule has 72 valence electrons. The van der Waals surface area contributed by atoms with Crippen molar-refractivity contribution in [2.45, 2.75) is 45.6 Å². The molecule has 2 fully saturated rings. The summed E-state index contributed by atoms with van der Waals surface area (Å²) in [5.74, 6) is 0.932.